The topological polar surface area (TPSA) is 179 Å². The molecule has 6 saturated heterocycles. The summed E-state index contributed by atoms with van der Waals surface area (Å²) in [6.07, 6.45) is 8.28. The Kier molecular flexibility index (Phi) is 11.7. The monoisotopic (exact) mass is 909 g/mol. The van der Waals surface area contributed by atoms with E-state index in [0.29, 0.717) is 71.6 Å². The number of imide groups is 2. The standard InChI is InChI=1S/C46H46ClF2N9O7/c47-33-14-26(3-4-34(33)48)52-43-32-17-37(40(19-36(32)50-24-51-43)65-29-9-13-64-23-29)53-41(59)2-1-10-55-11-7-25(8-12-55)20-56-21-27-15-28(22-56)57(27)39-18-31-30(16-35(39)49)45(62)58(46(31)63)38-5-6-42(60)54-44(38)61/h1-4,14,16-19,24-25,27-29,38H,5-13,15,20-23H2,(H,53,59)(H,50,51,52)(H,54,60,61)/b2-1+/t27?,28?,29-,38?/m0/s1. The summed E-state index contributed by atoms with van der Waals surface area (Å²) in [4.78, 5) is 80.6. The van der Waals surface area contributed by atoms with Crippen LogP contribution in [-0.4, -0.2) is 131 Å². The van der Waals surface area contributed by atoms with Gasteiger partial charge in [0.15, 0.2) is 0 Å². The SMILES string of the molecule is O=C(/C=C/CN1CCC(CN2CC3CC(C2)N3c2cc3c(cc2F)C(=O)N(C2CCC(=O)NC2=O)C3=O)CC1)Nc1cc2c(Nc3ccc(F)c(Cl)c3)ncnc2cc1O[C@H]1CCOC1. The summed E-state index contributed by atoms with van der Waals surface area (Å²) in [7, 11) is 0. The molecule has 0 saturated carbocycles. The Morgan fingerprint density at radius 3 is 2.46 bits per heavy atom. The first-order valence-corrected chi connectivity index (χ1v) is 22.3. The normalized spacial score (nSPS) is 23.9. The van der Waals surface area contributed by atoms with Crippen molar-refractivity contribution in [2.45, 2.75) is 62.8 Å². The molecule has 6 fully saturated rings. The van der Waals surface area contributed by atoms with Crippen LogP contribution in [0.3, 0.4) is 0 Å². The second-order valence-corrected chi connectivity index (χ2v) is 18.0. The van der Waals surface area contributed by atoms with Crippen molar-refractivity contribution >= 4 is 74.9 Å². The maximum Gasteiger partial charge on any atom is 0.262 e. The highest BCUT2D eigenvalue weighted by molar-refractivity contribution is 6.31. The number of nitrogens with one attached hydrogen (secondary N) is 3. The number of halogens is 3. The van der Waals surface area contributed by atoms with E-state index in [4.69, 9.17) is 21.1 Å². The fraction of sp³-hybridized carbons (Fsp3) is 0.413. The second-order valence-electron chi connectivity index (χ2n) is 17.5. The molecule has 4 aromatic rings. The Morgan fingerprint density at radius 1 is 0.938 bits per heavy atom. The number of hydrogen-bond acceptors (Lipinski definition) is 13. The third-order valence-electron chi connectivity index (χ3n) is 13.3. The minimum atomic E-state index is -1.11. The Balaban J connectivity index is 0.721. The smallest absolute Gasteiger partial charge is 0.262 e. The molecule has 0 radical (unpaired) electrons. The zero-order valence-corrected chi connectivity index (χ0v) is 36.0. The summed E-state index contributed by atoms with van der Waals surface area (Å²) >= 11 is 6.02. The summed E-state index contributed by atoms with van der Waals surface area (Å²) < 4.78 is 41.3. The minimum Gasteiger partial charge on any atom is -0.486 e. The molecule has 16 nitrogen and oxygen atoms in total. The number of piperidine rings is 3. The van der Waals surface area contributed by atoms with Crippen molar-refractivity contribution in [2.24, 2.45) is 5.92 Å². The average molecular weight is 910 g/mol. The van der Waals surface area contributed by atoms with Crippen molar-refractivity contribution in [2.75, 3.05) is 68.0 Å². The number of fused-ring (bicyclic) bond motifs is 4. The molecule has 2 bridgehead atoms. The van der Waals surface area contributed by atoms with E-state index in [1.807, 2.05) is 11.0 Å². The number of ether oxygens (including phenoxy) is 2. The highest BCUT2D eigenvalue weighted by Gasteiger charge is 2.49. The van der Waals surface area contributed by atoms with Crippen molar-refractivity contribution in [1.82, 2.24) is 30.0 Å². The Bertz CT molecular complexity index is 2630. The van der Waals surface area contributed by atoms with Gasteiger partial charge in [-0.05, 0) is 81.1 Å². The van der Waals surface area contributed by atoms with E-state index in [1.54, 1.807) is 18.2 Å². The van der Waals surface area contributed by atoms with Gasteiger partial charge in [-0.1, -0.05) is 17.7 Å². The number of aromatic nitrogens is 2. The number of piperazine rings is 1. The van der Waals surface area contributed by atoms with Gasteiger partial charge in [0.2, 0.25) is 17.7 Å². The Labute approximate surface area is 377 Å². The molecule has 11 rings (SSSR count). The van der Waals surface area contributed by atoms with E-state index in [1.165, 1.54) is 30.6 Å². The zero-order valence-electron chi connectivity index (χ0n) is 35.2. The number of hydrogen-bond donors (Lipinski definition) is 3. The molecule has 7 aliphatic rings. The number of likely N-dealkylation sites (tertiary alicyclic amines) is 1. The maximum absolute atomic E-state index is 15.7. The van der Waals surface area contributed by atoms with Gasteiger partial charge in [-0.25, -0.2) is 18.7 Å². The van der Waals surface area contributed by atoms with Gasteiger partial charge in [-0.15, -0.1) is 0 Å². The zero-order chi connectivity index (χ0) is 44.9. The molecular formula is C46H46ClF2N9O7. The highest BCUT2D eigenvalue weighted by Crippen LogP contribution is 2.42. The molecule has 4 atom stereocenters. The number of amides is 5. The van der Waals surface area contributed by atoms with Crippen LogP contribution in [0.2, 0.25) is 5.02 Å². The second kappa shape index (κ2) is 17.7. The van der Waals surface area contributed by atoms with Crippen LogP contribution in [0.4, 0.5) is 31.7 Å². The third kappa shape index (κ3) is 8.62. The van der Waals surface area contributed by atoms with E-state index in [2.05, 4.69) is 35.7 Å². The van der Waals surface area contributed by atoms with Crippen LogP contribution in [0.25, 0.3) is 10.9 Å². The van der Waals surface area contributed by atoms with Gasteiger partial charge in [0, 0.05) is 74.3 Å². The first kappa shape index (κ1) is 42.8. The number of carbonyl (C=O) groups excluding carboxylic acids is 5. The Hall–Kier alpha value is -6.08. The summed E-state index contributed by atoms with van der Waals surface area (Å²) in [5.74, 6) is -2.59. The van der Waals surface area contributed by atoms with E-state index < -0.39 is 41.3 Å². The van der Waals surface area contributed by atoms with E-state index >= 15 is 4.39 Å². The summed E-state index contributed by atoms with van der Waals surface area (Å²) in [6, 6.07) is 9.39. The van der Waals surface area contributed by atoms with Gasteiger partial charge in [-0.3, -0.25) is 44.0 Å². The number of benzene rings is 3. The van der Waals surface area contributed by atoms with Gasteiger partial charge < -0.3 is 25.0 Å². The largest absolute Gasteiger partial charge is 0.486 e. The first-order valence-electron chi connectivity index (χ1n) is 22.0. The number of carbonyl (C=O) groups is 5. The molecule has 19 heteroatoms. The summed E-state index contributed by atoms with van der Waals surface area (Å²) in [6.45, 7) is 5.83. The van der Waals surface area contributed by atoms with E-state index in [9.17, 15) is 28.4 Å². The number of rotatable bonds is 12. The van der Waals surface area contributed by atoms with Crippen LogP contribution in [0.1, 0.15) is 59.2 Å². The van der Waals surface area contributed by atoms with Crippen LogP contribution >= 0.6 is 11.6 Å². The van der Waals surface area contributed by atoms with Crippen molar-refractivity contribution in [3.63, 3.8) is 0 Å². The molecule has 3 unspecified atom stereocenters. The minimum absolute atomic E-state index is 0.00928. The van der Waals surface area contributed by atoms with Crippen molar-refractivity contribution in [1.29, 1.82) is 0 Å². The van der Waals surface area contributed by atoms with Gasteiger partial charge >= 0.3 is 0 Å². The van der Waals surface area contributed by atoms with Crippen molar-refractivity contribution in [3.05, 3.63) is 88.7 Å². The van der Waals surface area contributed by atoms with Gasteiger partial charge in [0.05, 0.1) is 46.3 Å². The average Bonchev–Trinajstić information content (AvgIpc) is 3.88. The van der Waals surface area contributed by atoms with E-state index in [0.717, 1.165) is 63.0 Å². The lowest BCUT2D eigenvalue weighted by Crippen LogP contribution is -2.69. The van der Waals surface area contributed by atoms with Gasteiger partial charge in [0.1, 0.15) is 41.7 Å². The fourth-order valence-electron chi connectivity index (χ4n) is 9.99. The van der Waals surface area contributed by atoms with Crippen molar-refractivity contribution < 1.29 is 42.2 Å². The van der Waals surface area contributed by atoms with Gasteiger partial charge in [-0.2, -0.15) is 0 Å². The molecule has 3 aromatic carbocycles. The predicted molar refractivity (Wildman–Crippen MR) is 235 cm³/mol. The van der Waals surface area contributed by atoms with Crippen LogP contribution in [0, 0.1) is 17.6 Å². The van der Waals surface area contributed by atoms with E-state index in [-0.39, 0.29) is 53.1 Å². The summed E-state index contributed by atoms with van der Waals surface area (Å²) in [5.41, 5.74) is 1.85. The third-order valence-corrected chi connectivity index (χ3v) is 13.6. The predicted octanol–water partition coefficient (Wildman–Crippen LogP) is 5.04. The lowest BCUT2D eigenvalue weighted by molar-refractivity contribution is -0.136. The van der Waals surface area contributed by atoms with Crippen LogP contribution in [0.5, 0.6) is 5.75 Å². The molecule has 338 valence electrons. The van der Waals surface area contributed by atoms with Crippen LogP contribution in [-0.2, 0) is 19.1 Å². The molecule has 0 aliphatic carbocycles. The number of anilines is 4. The molecule has 5 amide bonds. The van der Waals surface area contributed by atoms with Crippen LogP contribution in [0.15, 0.2) is 60.9 Å². The molecule has 3 N–H and O–H groups in total. The lowest BCUT2D eigenvalue weighted by Gasteiger charge is -2.58. The highest BCUT2D eigenvalue weighted by atomic mass is 35.5. The summed E-state index contributed by atoms with van der Waals surface area (Å²) in [5, 5.41) is 8.91. The Morgan fingerprint density at radius 2 is 1.72 bits per heavy atom. The molecule has 1 aromatic heterocycles. The fourth-order valence-corrected chi connectivity index (χ4v) is 10.2. The first-order chi connectivity index (χ1) is 31.4. The maximum atomic E-state index is 15.7. The number of nitrogens with zero attached hydrogens (tertiary/aromatic N) is 6. The van der Waals surface area contributed by atoms with Crippen molar-refractivity contribution in [3.8, 4) is 5.75 Å². The quantitative estimate of drug-likeness (QED) is 0.127. The van der Waals surface area contributed by atoms with Gasteiger partial charge in [0.25, 0.3) is 11.8 Å². The molecule has 7 aliphatic heterocycles. The lowest BCUT2D eigenvalue weighted by atomic mass is 9.85. The molecule has 0 spiro atoms. The molecule has 8 heterocycles. The van der Waals surface area contributed by atoms with Crippen LogP contribution < -0.4 is 25.6 Å². The molecular weight excluding hydrogens is 864 g/mol. The molecule has 65 heavy (non-hydrogen) atoms.